The number of nitrogens with zero attached hydrogens (tertiary/aromatic N) is 1. The summed E-state index contributed by atoms with van der Waals surface area (Å²) in [6.07, 6.45) is 6.46. The summed E-state index contributed by atoms with van der Waals surface area (Å²) < 4.78 is 0. The first kappa shape index (κ1) is 13.4. The summed E-state index contributed by atoms with van der Waals surface area (Å²) in [5.74, 6) is 0. The lowest BCUT2D eigenvalue weighted by atomic mass is 10.1. The molecule has 0 aliphatic carbocycles. The van der Waals surface area contributed by atoms with Crippen molar-refractivity contribution in [3.05, 3.63) is 60.9 Å². The molecule has 0 saturated carbocycles. The summed E-state index contributed by atoms with van der Waals surface area (Å²) in [4.78, 5) is 4.06. The fourth-order valence-electron chi connectivity index (χ4n) is 0.714. The van der Waals surface area contributed by atoms with E-state index in [0.29, 0.717) is 0 Å². The van der Waals surface area contributed by atoms with Crippen LogP contribution in [0.15, 0.2) is 65.9 Å². The third kappa shape index (κ3) is 6.44. The minimum absolute atomic E-state index is 0.755. The second-order valence-corrected chi connectivity index (χ2v) is 3.39. The van der Waals surface area contributed by atoms with Gasteiger partial charge in [-0.15, -0.1) is 0 Å². The van der Waals surface area contributed by atoms with Gasteiger partial charge in [-0.3, -0.25) is 4.99 Å². The molecule has 80 valence electrons. The number of rotatable bonds is 6. The Balaban J connectivity index is 4.35. The molecule has 1 heteroatoms. The van der Waals surface area contributed by atoms with E-state index in [0.717, 1.165) is 28.8 Å². The van der Waals surface area contributed by atoms with E-state index in [4.69, 9.17) is 0 Å². The van der Waals surface area contributed by atoms with Gasteiger partial charge in [-0.2, -0.15) is 0 Å². The molecule has 0 aromatic heterocycles. The molecule has 0 N–H and O–H groups in total. The summed E-state index contributed by atoms with van der Waals surface area (Å²) in [7, 11) is 0. The zero-order valence-corrected chi connectivity index (χ0v) is 9.71. The Labute approximate surface area is 92.9 Å². The van der Waals surface area contributed by atoms with Crippen LogP contribution in [0.3, 0.4) is 0 Å². The van der Waals surface area contributed by atoms with Crippen LogP contribution >= 0.6 is 0 Å². The highest BCUT2D eigenvalue weighted by Crippen LogP contribution is 2.08. The lowest BCUT2D eigenvalue weighted by Crippen LogP contribution is -1.85. The Morgan fingerprint density at radius 2 is 1.67 bits per heavy atom. The van der Waals surface area contributed by atoms with E-state index in [2.05, 4.69) is 38.2 Å². The molecule has 0 bridgehead atoms. The fourth-order valence-corrected chi connectivity index (χ4v) is 0.714. The van der Waals surface area contributed by atoms with Crippen LogP contribution in [0.4, 0.5) is 0 Å². The molecule has 0 amide bonds. The first-order chi connectivity index (χ1) is 6.97. The SMILES string of the molecule is C=C(/C=C\C(=C)C(=C)C=NC(=C)C)CC. The summed E-state index contributed by atoms with van der Waals surface area (Å²) >= 11 is 0. The van der Waals surface area contributed by atoms with Crippen LogP contribution in [0, 0.1) is 0 Å². The molecule has 0 saturated heterocycles. The van der Waals surface area contributed by atoms with Gasteiger partial charge in [0, 0.05) is 11.9 Å². The van der Waals surface area contributed by atoms with Crippen LogP contribution < -0.4 is 0 Å². The lowest BCUT2D eigenvalue weighted by molar-refractivity contribution is 1.16. The zero-order chi connectivity index (χ0) is 11.8. The van der Waals surface area contributed by atoms with E-state index < -0.39 is 0 Å². The lowest BCUT2D eigenvalue weighted by Gasteiger charge is -1.98. The fraction of sp³-hybridized carbons (Fsp3) is 0.214. The minimum atomic E-state index is 0.755. The molecule has 0 rings (SSSR count). The highest BCUT2D eigenvalue weighted by Gasteiger charge is 1.92. The molecule has 0 unspecified atom stereocenters. The van der Waals surface area contributed by atoms with Crippen molar-refractivity contribution in [3.63, 3.8) is 0 Å². The van der Waals surface area contributed by atoms with Crippen molar-refractivity contribution in [1.29, 1.82) is 0 Å². The predicted molar refractivity (Wildman–Crippen MR) is 70.2 cm³/mol. The average molecular weight is 201 g/mol. The van der Waals surface area contributed by atoms with Crippen molar-refractivity contribution >= 4 is 6.21 Å². The minimum Gasteiger partial charge on any atom is -0.262 e. The van der Waals surface area contributed by atoms with Crippen molar-refractivity contribution < 1.29 is 0 Å². The Kier molecular flexibility index (Phi) is 6.03. The highest BCUT2D eigenvalue weighted by molar-refractivity contribution is 5.85. The normalized spacial score (nSPS) is 10.8. The van der Waals surface area contributed by atoms with Gasteiger partial charge < -0.3 is 0 Å². The first-order valence-corrected chi connectivity index (χ1v) is 4.91. The van der Waals surface area contributed by atoms with Gasteiger partial charge in [-0.05, 0) is 24.5 Å². The highest BCUT2D eigenvalue weighted by atomic mass is 14.7. The van der Waals surface area contributed by atoms with Gasteiger partial charge >= 0.3 is 0 Å². The van der Waals surface area contributed by atoms with E-state index >= 15 is 0 Å². The molecule has 1 nitrogen and oxygen atoms in total. The Morgan fingerprint density at radius 3 is 2.13 bits per heavy atom. The molecule has 0 atom stereocenters. The smallest absolute Gasteiger partial charge is 0.0343 e. The molecule has 0 fully saturated rings. The monoisotopic (exact) mass is 201 g/mol. The van der Waals surface area contributed by atoms with Crippen LogP contribution in [0.2, 0.25) is 0 Å². The van der Waals surface area contributed by atoms with Crippen LogP contribution in [-0.4, -0.2) is 6.21 Å². The van der Waals surface area contributed by atoms with Crippen LogP contribution in [0.25, 0.3) is 0 Å². The number of hydrogen-bond acceptors (Lipinski definition) is 1. The second kappa shape index (κ2) is 6.77. The van der Waals surface area contributed by atoms with Crippen molar-refractivity contribution in [2.75, 3.05) is 0 Å². The van der Waals surface area contributed by atoms with Gasteiger partial charge in [0.2, 0.25) is 0 Å². The Hall–Kier alpha value is -1.63. The van der Waals surface area contributed by atoms with Crippen LogP contribution in [-0.2, 0) is 0 Å². The standard InChI is InChI=1S/C14H19N/c1-7-12(4)8-9-13(5)14(6)10-15-11(2)3/h8-10H,2,4-7H2,1,3H3/b9-8-,15-10?. The second-order valence-electron chi connectivity index (χ2n) is 3.39. The number of hydrogen-bond donors (Lipinski definition) is 0. The molecule has 0 aromatic carbocycles. The average Bonchev–Trinajstić information content (AvgIpc) is 2.21. The van der Waals surface area contributed by atoms with Gasteiger partial charge in [0.15, 0.2) is 0 Å². The Bertz CT molecular complexity index is 340. The number of allylic oxidation sites excluding steroid dienone is 6. The topological polar surface area (TPSA) is 12.4 Å². The molecule has 0 radical (unpaired) electrons. The zero-order valence-electron chi connectivity index (χ0n) is 9.71. The van der Waals surface area contributed by atoms with Gasteiger partial charge in [0.1, 0.15) is 0 Å². The molecule has 0 aromatic rings. The van der Waals surface area contributed by atoms with Crippen molar-refractivity contribution in [3.8, 4) is 0 Å². The third-order valence-corrected chi connectivity index (χ3v) is 1.83. The van der Waals surface area contributed by atoms with Crippen LogP contribution in [0.1, 0.15) is 20.3 Å². The maximum absolute atomic E-state index is 4.06. The van der Waals surface area contributed by atoms with Gasteiger partial charge in [-0.1, -0.05) is 51.0 Å². The summed E-state index contributed by atoms with van der Waals surface area (Å²) in [5, 5.41) is 0. The maximum atomic E-state index is 4.06. The summed E-state index contributed by atoms with van der Waals surface area (Å²) in [5.41, 5.74) is 3.46. The molecule has 0 aliphatic rings. The third-order valence-electron chi connectivity index (χ3n) is 1.83. The van der Waals surface area contributed by atoms with E-state index in [-0.39, 0.29) is 0 Å². The van der Waals surface area contributed by atoms with Gasteiger partial charge in [-0.25, -0.2) is 0 Å². The van der Waals surface area contributed by atoms with E-state index in [1.54, 1.807) is 6.21 Å². The van der Waals surface area contributed by atoms with Crippen molar-refractivity contribution in [2.45, 2.75) is 20.3 Å². The molecule has 0 heterocycles. The predicted octanol–water partition coefficient (Wildman–Crippen LogP) is 4.23. The number of aliphatic imine (C=N–C) groups is 1. The quantitative estimate of drug-likeness (QED) is 0.450. The van der Waals surface area contributed by atoms with E-state index in [1.165, 1.54) is 0 Å². The molecule has 0 aliphatic heterocycles. The van der Waals surface area contributed by atoms with Crippen LogP contribution in [0.5, 0.6) is 0 Å². The van der Waals surface area contributed by atoms with Gasteiger partial charge in [0.25, 0.3) is 0 Å². The summed E-state index contributed by atoms with van der Waals surface area (Å²) in [6.45, 7) is 19.2. The summed E-state index contributed by atoms with van der Waals surface area (Å²) in [6, 6.07) is 0. The van der Waals surface area contributed by atoms with Crippen molar-refractivity contribution in [1.82, 2.24) is 0 Å². The van der Waals surface area contributed by atoms with Crippen molar-refractivity contribution in [2.24, 2.45) is 4.99 Å². The Morgan fingerprint density at radius 1 is 1.07 bits per heavy atom. The molecule has 15 heavy (non-hydrogen) atoms. The van der Waals surface area contributed by atoms with Gasteiger partial charge in [0.05, 0.1) is 0 Å². The van der Waals surface area contributed by atoms with E-state index in [9.17, 15) is 0 Å². The molecular weight excluding hydrogens is 182 g/mol. The maximum Gasteiger partial charge on any atom is 0.0343 e. The van der Waals surface area contributed by atoms with E-state index in [1.807, 2.05) is 19.1 Å². The largest absolute Gasteiger partial charge is 0.262 e. The molecular formula is C14H19N. The first-order valence-electron chi connectivity index (χ1n) is 4.91. The molecule has 0 spiro atoms.